The smallest absolute Gasteiger partial charge is 0.326 e. The maximum atomic E-state index is 14.3. The number of rotatable bonds is 67. The van der Waals surface area contributed by atoms with Gasteiger partial charge in [0, 0.05) is 19.3 Å². The zero-order valence-corrected chi connectivity index (χ0v) is 79.9. The van der Waals surface area contributed by atoms with Crippen molar-refractivity contribution in [1.29, 1.82) is 0 Å². The number of aliphatic hydroxyl groups is 6. The highest BCUT2D eigenvalue weighted by molar-refractivity contribution is 6.04. The number of aliphatic hydroxyl groups excluding tert-OH is 6. The van der Waals surface area contributed by atoms with E-state index in [1.165, 1.54) is 41.5 Å². The van der Waals surface area contributed by atoms with Crippen LogP contribution in [0.4, 0.5) is 0 Å². The van der Waals surface area contributed by atoms with Crippen molar-refractivity contribution in [3.63, 3.8) is 0 Å². The van der Waals surface area contributed by atoms with Crippen LogP contribution in [0.3, 0.4) is 0 Å². The van der Waals surface area contributed by atoms with Crippen LogP contribution >= 0.6 is 0 Å². The van der Waals surface area contributed by atoms with E-state index in [-0.39, 0.29) is 0 Å². The highest BCUT2D eigenvalue weighted by Gasteiger charge is 2.43. The van der Waals surface area contributed by atoms with Gasteiger partial charge in [0.1, 0.15) is 109 Å². The SMILES string of the molecule is CC(C)[C@H](NC(=O)[C@H](CO)NC(=O)[C@@H](NC(=O)CNC(=O)[C@@H](NC(=O)[C@H](CCC(N)=O)NC(=O)[C@H](CC(N)=O)NC(=O)[C@H](CC(N)=O)NC(=O)[C@@H](NC(=O)[C@H](CCC(N)=O)NC(=O)[C@@H](NC(=O)[C@H](CO)NC(=O)[C@@H](NC(=O)[C@@H](NC(=O)[C@H](CCC(N)=O)NC(=O)[C@@H](N)CC(=O)O)[C@@H](C)O)[C@@H](C)O)C(C)C)C(C)C)[C@@H](C)O)[C@@H](C)O)C(=O)N[C@@H](CC(=O)O)C(=O)N[C@@H](C)C(=O)N[C@@H](C)C(=O)N[C@@H](CC(N)=O)C(=O)O. The van der Waals surface area contributed by atoms with Gasteiger partial charge >= 0.3 is 17.9 Å². The Morgan fingerprint density at radius 3 is 0.762 bits per heavy atom. The molecule has 63 nitrogen and oxygen atoms in total. The minimum absolute atomic E-state index is 0.554. The second-order valence-corrected chi connectivity index (χ2v) is 33.9. The molecule has 0 aromatic heterocycles. The van der Waals surface area contributed by atoms with Crippen molar-refractivity contribution >= 4 is 166 Å². The minimum Gasteiger partial charge on any atom is -0.481 e. The molecule has 0 fully saturated rings. The molecule has 0 aliphatic carbocycles. The van der Waals surface area contributed by atoms with Crippen molar-refractivity contribution in [3.05, 3.63) is 0 Å². The first-order valence-corrected chi connectivity index (χ1v) is 43.9. The van der Waals surface area contributed by atoms with Gasteiger partial charge in [-0.25, -0.2) is 4.79 Å². The van der Waals surface area contributed by atoms with Crippen LogP contribution in [0.15, 0.2) is 0 Å². The van der Waals surface area contributed by atoms with Gasteiger partial charge in [0.2, 0.25) is 148 Å². The van der Waals surface area contributed by atoms with E-state index in [1.54, 1.807) is 0 Å². The molecule has 0 unspecified atom stereocenters. The Bertz CT molecular complexity index is 4610. The van der Waals surface area contributed by atoms with E-state index in [1.807, 2.05) is 37.2 Å². The molecule has 0 radical (unpaired) electrons. The topological polar surface area (TPSA) is 1070 Å². The molecule has 63 heteroatoms. The van der Waals surface area contributed by atoms with Crippen LogP contribution in [-0.4, -0.2) is 371 Å². The third kappa shape index (κ3) is 47.1. The number of carbonyl (C=O) groups excluding carboxylic acids is 25. The van der Waals surface area contributed by atoms with Crippen LogP contribution < -0.4 is 141 Å². The molecular formula is C80H132N26O37. The zero-order chi connectivity index (χ0) is 111. The third-order valence-corrected chi connectivity index (χ3v) is 20.3. The molecule has 0 aliphatic rings. The monoisotopic (exact) mass is 2050 g/mol. The Morgan fingerprint density at radius 2 is 0.455 bits per heavy atom. The van der Waals surface area contributed by atoms with Crippen molar-refractivity contribution in [1.82, 2.24) is 101 Å². The average molecular weight is 2050 g/mol. The molecule has 25 amide bonds. The second-order valence-electron chi connectivity index (χ2n) is 33.9. The first kappa shape index (κ1) is 128. The second kappa shape index (κ2) is 62.1. The van der Waals surface area contributed by atoms with Crippen LogP contribution in [0.5, 0.6) is 0 Å². The summed E-state index contributed by atoms with van der Waals surface area (Å²) in [5.74, 6) is -40.2. The third-order valence-electron chi connectivity index (χ3n) is 20.3. The number of primary amides is 6. The number of carboxylic acid groups (broad SMARTS) is 3. The Labute approximate surface area is 814 Å². The van der Waals surface area contributed by atoms with E-state index < -0.39 is 413 Å². The van der Waals surface area contributed by atoms with Gasteiger partial charge in [-0.3, -0.25) is 129 Å². The van der Waals surface area contributed by atoms with Crippen molar-refractivity contribution in [2.45, 2.75) is 293 Å². The number of nitrogens with one attached hydrogen (secondary N) is 19. The fraction of sp³-hybridized carbons (Fsp3) is 0.650. The normalized spacial score (nSPS) is 15.9. The molecule has 0 rings (SSSR count). The summed E-state index contributed by atoms with van der Waals surface area (Å²) in [7, 11) is 0. The van der Waals surface area contributed by atoms with Crippen molar-refractivity contribution in [3.8, 4) is 0 Å². The Kier molecular flexibility index (Phi) is 55.6. The predicted molar refractivity (Wildman–Crippen MR) is 481 cm³/mol. The minimum atomic E-state index is -2.23. The summed E-state index contributed by atoms with van der Waals surface area (Å²) in [5.41, 5.74) is 37.4. The summed E-state index contributed by atoms with van der Waals surface area (Å²) >= 11 is 0. The van der Waals surface area contributed by atoms with Crippen molar-refractivity contribution < 1.29 is 180 Å². The summed E-state index contributed by atoms with van der Waals surface area (Å²) in [6, 6.07) is -36.6. The Hall–Kier alpha value is -15.1. The summed E-state index contributed by atoms with van der Waals surface area (Å²) in [5, 5.41) is 131. The average Bonchev–Trinajstić information content (AvgIpc) is 0.855. The van der Waals surface area contributed by atoms with E-state index in [2.05, 4.69) is 63.8 Å². The highest BCUT2D eigenvalue weighted by Crippen LogP contribution is 2.15. The van der Waals surface area contributed by atoms with E-state index in [9.17, 15) is 175 Å². The van der Waals surface area contributed by atoms with Gasteiger partial charge < -0.3 is 187 Å². The van der Waals surface area contributed by atoms with E-state index in [0.29, 0.717) is 0 Å². The summed E-state index contributed by atoms with van der Waals surface area (Å²) in [6.45, 7) is 10.2. The predicted octanol–water partition coefficient (Wildman–Crippen LogP) is -19.9. The number of carboxylic acids is 3. The first-order valence-electron chi connectivity index (χ1n) is 43.9. The maximum absolute atomic E-state index is 14.3. The molecule has 0 aromatic carbocycles. The van der Waals surface area contributed by atoms with Gasteiger partial charge in [-0.2, -0.15) is 0 Å². The van der Waals surface area contributed by atoms with Gasteiger partial charge in [-0.05, 0) is 78.6 Å². The van der Waals surface area contributed by atoms with Crippen LogP contribution in [-0.2, 0) is 134 Å². The summed E-state index contributed by atoms with van der Waals surface area (Å²) in [4.78, 5) is 367. The van der Waals surface area contributed by atoms with E-state index in [0.717, 1.165) is 41.5 Å². The van der Waals surface area contributed by atoms with Crippen molar-refractivity contribution in [2.24, 2.45) is 57.9 Å². The molecule has 0 saturated heterocycles. The molecule has 0 aliphatic heterocycles. The number of amides is 25. The lowest BCUT2D eigenvalue weighted by molar-refractivity contribution is -0.143. The summed E-state index contributed by atoms with van der Waals surface area (Å²) in [6.07, 6.45) is -16.9. The van der Waals surface area contributed by atoms with Gasteiger partial charge in [-0.1, -0.05) is 41.5 Å². The van der Waals surface area contributed by atoms with Crippen LogP contribution in [0.25, 0.3) is 0 Å². The number of aliphatic carboxylic acids is 3. The molecule has 23 atom stereocenters. The van der Waals surface area contributed by atoms with Crippen molar-refractivity contribution in [2.75, 3.05) is 19.8 Å². The highest BCUT2D eigenvalue weighted by atomic mass is 16.4. The van der Waals surface area contributed by atoms with Crippen LogP contribution in [0, 0.1) is 17.8 Å². The molecule has 0 saturated carbocycles. The van der Waals surface area contributed by atoms with Gasteiger partial charge in [0.25, 0.3) is 0 Å². The quantitative estimate of drug-likeness (QED) is 0.0269. The molecular weight excluding hydrogens is 1920 g/mol. The number of nitrogens with two attached hydrogens (primary N) is 7. The number of hydrogen-bond acceptors (Lipinski definition) is 35. The van der Waals surface area contributed by atoms with Crippen LogP contribution in [0.1, 0.15) is 154 Å². The molecule has 0 aromatic rings. The van der Waals surface area contributed by atoms with Crippen LogP contribution in [0.2, 0.25) is 0 Å². The van der Waals surface area contributed by atoms with E-state index in [4.69, 9.17) is 45.2 Å². The first-order chi connectivity index (χ1) is 66.1. The molecule has 804 valence electrons. The molecule has 42 N–H and O–H groups in total. The number of carbonyl (C=O) groups is 28. The largest absolute Gasteiger partial charge is 0.481 e. The fourth-order valence-corrected chi connectivity index (χ4v) is 12.4. The fourth-order valence-electron chi connectivity index (χ4n) is 12.4. The Morgan fingerprint density at radius 1 is 0.231 bits per heavy atom. The number of hydrogen-bond donors (Lipinski definition) is 35. The lowest BCUT2D eigenvalue weighted by Crippen LogP contribution is -2.64. The van der Waals surface area contributed by atoms with E-state index >= 15 is 0 Å². The van der Waals surface area contributed by atoms with Gasteiger partial charge in [0.05, 0.1) is 82.3 Å². The lowest BCUT2D eigenvalue weighted by Gasteiger charge is -2.30. The zero-order valence-electron chi connectivity index (χ0n) is 79.9. The molecule has 0 bridgehead atoms. The molecule has 143 heavy (non-hydrogen) atoms. The van der Waals surface area contributed by atoms with Gasteiger partial charge in [-0.15, -0.1) is 0 Å². The standard InChI is InChI=1S/C80H132N26O37/c1-27(2)55(102-72(134)45(26-108)99-78(140)60(34(11)111)106-79(141)61(35(12)112)105-66(128)37(13-16-46(82)113)91-64(126)36(81)19-53(120)121)74(136)93-39(15-18-48(84)115)65(127)101-56(28(3)4)75(137)95-41(21-50(86)117)70(132)94-40(20-49(85)116)69(131)92-38(14-17-47(83)114)67(129)104-58(32(9)109)73(135)88-24-52(119)100-59(33(10)110)77(139)98-44(25-107)71(133)103-57(29(5)6)76(138)96-42(23-54(122)123)68(130)90-30(7)62(124)89-31(8)63(125)97-43(80(142)143)22-51(87)118/h27-45,55-61,107-112H,13-26,81H2,1-12H3,(H2,82,113)(H2,83,114)(H2,84,115)(H2,85,116)(H2,86,117)(H2,87,118)(H,88,135)(H,89,124)(H,90,130)(H,91,126)(H,92,131)(H,93,136)(H,94,132)(H,95,137)(H,96,138)(H,97,125)(H,98,139)(H,99,140)(H,100,119)(H,101,127)(H,102,134)(H,103,133)(H,104,129)(H,105,128)(H,106,141)(H,120,121)(H,122,123)(H,142,143)/t30-,31-,32+,33+,34+,35+,36-,37-,38-,39-,40-,41-,42-,43-,44-,45-,55-,56-,57-,58-,59-,60-,61-/m0/s1. The Balaban J connectivity index is 6.80. The molecule has 0 spiro atoms. The lowest BCUT2D eigenvalue weighted by atomic mass is 9.99. The van der Waals surface area contributed by atoms with Gasteiger partial charge in [0.15, 0.2) is 0 Å². The maximum Gasteiger partial charge on any atom is 0.326 e. The molecule has 0 heterocycles. The summed E-state index contributed by atoms with van der Waals surface area (Å²) < 4.78 is 0.